The third kappa shape index (κ3) is 1.52. The van der Waals surface area contributed by atoms with Gasteiger partial charge in [-0.1, -0.05) is 6.92 Å². The standard InChI is InChI=1S/C9H13NOS/c1-2-8-10-7(5-12-8)9(11)6-3-4-6/h5-6,9,11H,2-4H2,1H3. The van der Waals surface area contributed by atoms with Crippen LogP contribution in [0.3, 0.4) is 0 Å². The van der Waals surface area contributed by atoms with Gasteiger partial charge in [0.05, 0.1) is 16.8 Å². The van der Waals surface area contributed by atoms with E-state index in [-0.39, 0.29) is 6.10 Å². The van der Waals surface area contributed by atoms with E-state index in [0.717, 1.165) is 17.1 Å². The van der Waals surface area contributed by atoms with Gasteiger partial charge in [0.1, 0.15) is 0 Å². The quantitative estimate of drug-likeness (QED) is 0.779. The molecule has 2 nitrogen and oxygen atoms in total. The highest BCUT2D eigenvalue weighted by Crippen LogP contribution is 2.40. The molecule has 1 heterocycles. The first-order valence-electron chi connectivity index (χ1n) is 4.43. The van der Waals surface area contributed by atoms with Gasteiger partial charge in [-0.25, -0.2) is 4.98 Å². The number of hydrogen-bond acceptors (Lipinski definition) is 3. The van der Waals surface area contributed by atoms with Gasteiger partial charge in [-0.15, -0.1) is 11.3 Å². The molecule has 0 radical (unpaired) electrons. The molecule has 0 bridgehead atoms. The fourth-order valence-electron chi connectivity index (χ4n) is 1.28. The molecule has 0 amide bonds. The Morgan fingerprint density at radius 2 is 2.50 bits per heavy atom. The second kappa shape index (κ2) is 3.15. The smallest absolute Gasteiger partial charge is 0.0996 e. The van der Waals surface area contributed by atoms with Gasteiger partial charge in [0.25, 0.3) is 0 Å². The molecule has 1 unspecified atom stereocenters. The zero-order chi connectivity index (χ0) is 8.55. The van der Waals surface area contributed by atoms with Gasteiger partial charge in [-0.2, -0.15) is 0 Å². The van der Waals surface area contributed by atoms with Crippen molar-refractivity contribution in [1.82, 2.24) is 4.98 Å². The van der Waals surface area contributed by atoms with E-state index in [9.17, 15) is 5.11 Å². The summed E-state index contributed by atoms with van der Waals surface area (Å²) in [6.07, 6.45) is 3.02. The first-order chi connectivity index (χ1) is 5.81. The van der Waals surface area contributed by atoms with Crippen molar-refractivity contribution in [3.05, 3.63) is 16.1 Å². The number of hydrogen-bond donors (Lipinski definition) is 1. The van der Waals surface area contributed by atoms with Crippen LogP contribution >= 0.6 is 11.3 Å². The van der Waals surface area contributed by atoms with E-state index in [4.69, 9.17) is 0 Å². The van der Waals surface area contributed by atoms with Crippen molar-refractivity contribution >= 4 is 11.3 Å². The van der Waals surface area contributed by atoms with Crippen LogP contribution in [0.1, 0.15) is 36.6 Å². The molecule has 2 rings (SSSR count). The zero-order valence-electron chi connectivity index (χ0n) is 7.16. The molecule has 0 saturated heterocycles. The Balaban J connectivity index is 2.10. The highest BCUT2D eigenvalue weighted by Gasteiger charge is 2.32. The van der Waals surface area contributed by atoms with Crippen molar-refractivity contribution in [1.29, 1.82) is 0 Å². The normalized spacial score (nSPS) is 19.5. The molecule has 66 valence electrons. The molecular weight excluding hydrogens is 170 g/mol. The van der Waals surface area contributed by atoms with Gasteiger partial charge in [0.2, 0.25) is 0 Å². The molecule has 1 saturated carbocycles. The van der Waals surface area contributed by atoms with Crippen LogP contribution in [-0.2, 0) is 6.42 Å². The van der Waals surface area contributed by atoms with E-state index >= 15 is 0 Å². The van der Waals surface area contributed by atoms with Crippen molar-refractivity contribution < 1.29 is 5.11 Å². The largest absolute Gasteiger partial charge is 0.386 e. The van der Waals surface area contributed by atoms with Gasteiger partial charge >= 0.3 is 0 Å². The molecule has 1 aromatic heterocycles. The van der Waals surface area contributed by atoms with Crippen LogP contribution in [0.5, 0.6) is 0 Å². The Morgan fingerprint density at radius 3 is 3.00 bits per heavy atom. The number of aliphatic hydroxyl groups is 1. The SMILES string of the molecule is CCc1nc(C(O)C2CC2)cs1. The van der Waals surface area contributed by atoms with E-state index in [1.165, 1.54) is 12.8 Å². The van der Waals surface area contributed by atoms with Crippen LogP contribution in [-0.4, -0.2) is 10.1 Å². The average Bonchev–Trinajstić information content (AvgIpc) is 2.82. The first kappa shape index (κ1) is 8.20. The number of aromatic nitrogens is 1. The van der Waals surface area contributed by atoms with Gasteiger partial charge < -0.3 is 5.11 Å². The van der Waals surface area contributed by atoms with Crippen molar-refractivity contribution in [2.24, 2.45) is 5.92 Å². The summed E-state index contributed by atoms with van der Waals surface area (Å²) >= 11 is 1.65. The number of nitrogens with zero attached hydrogens (tertiary/aromatic N) is 1. The molecule has 1 atom stereocenters. The van der Waals surface area contributed by atoms with Crippen LogP contribution in [0.4, 0.5) is 0 Å². The lowest BCUT2D eigenvalue weighted by Gasteiger charge is -2.03. The maximum atomic E-state index is 9.71. The summed E-state index contributed by atoms with van der Waals surface area (Å²) in [5.41, 5.74) is 0.888. The number of rotatable bonds is 3. The molecule has 1 aliphatic rings. The topological polar surface area (TPSA) is 33.1 Å². The maximum absolute atomic E-state index is 9.71. The Hall–Kier alpha value is -0.410. The third-order valence-electron chi connectivity index (χ3n) is 2.24. The predicted molar refractivity (Wildman–Crippen MR) is 49.2 cm³/mol. The molecule has 1 aliphatic carbocycles. The van der Waals surface area contributed by atoms with Crippen LogP contribution in [0.25, 0.3) is 0 Å². The van der Waals surface area contributed by atoms with E-state index in [2.05, 4.69) is 11.9 Å². The second-order valence-corrected chi connectivity index (χ2v) is 4.24. The van der Waals surface area contributed by atoms with Crippen LogP contribution in [0.15, 0.2) is 5.38 Å². The average molecular weight is 183 g/mol. The Labute approximate surface area is 76.3 Å². The van der Waals surface area contributed by atoms with Crippen LogP contribution in [0, 0.1) is 5.92 Å². The van der Waals surface area contributed by atoms with Crippen molar-refractivity contribution in [2.75, 3.05) is 0 Å². The lowest BCUT2D eigenvalue weighted by atomic mass is 10.2. The van der Waals surface area contributed by atoms with Gasteiger partial charge in [-0.3, -0.25) is 0 Å². The van der Waals surface area contributed by atoms with Crippen molar-refractivity contribution in [3.63, 3.8) is 0 Å². The highest BCUT2D eigenvalue weighted by atomic mass is 32.1. The minimum atomic E-state index is -0.290. The Morgan fingerprint density at radius 1 is 1.75 bits per heavy atom. The number of aliphatic hydroxyl groups excluding tert-OH is 1. The zero-order valence-corrected chi connectivity index (χ0v) is 7.97. The Bertz CT molecular complexity index is 267. The molecule has 1 aromatic rings. The number of thiazole rings is 1. The fraction of sp³-hybridized carbons (Fsp3) is 0.667. The lowest BCUT2D eigenvalue weighted by molar-refractivity contribution is 0.149. The highest BCUT2D eigenvalue weighted by molar-refractivity contribution is 7.09. The second-order valence-electron chi connectivity index (χ2n) is 3.30. The van der Waals surface area contributed by atoms with Crippen LogP contribution < -0.4 is 0 Å². The summed E-state index contributed by atoms with van der Waals surface area (Å²) in [4.78, 5) is 4.36. The fourth-order valence-corrected chi connectivity index (χ4v) is 2.05. The van der Waals surface area contributed by atoms with E-state index in [1.807, 2.05) is 5.38 Å². The molecule has 1 fully saturated rings. The van der Waals surface area contributed by atoms with Crippen LogP contribution in [0.2, 0.25) is 0 Å². The van der Waals surface area contributed by atoms with Gasteiger partial charge in [0.15, 0.2) is 0 Å². The van der Waals surface area contributed by atoms with E-state index in [0.29, 0.717) is 5.92 Å². The molecule has 3 heteroatoms. The molecule has 1 N–H and O–H groups in total. The van der Waals surface area contributed by atoms with E-state index < -0.39 is 0 Å². The summed E-state index contributed by atoms with van der Waals surface area (Å²) < 4.78 is 0. The van der Waals surface area contributed by atoms with Gasteiger partial charge in [0, 0.05) is 5.38 Å². The number of aryl methyl sites for hydroxylation is 1. The van der Waals surface area contributed by atoms with Crippen molar-refractivity contribution in [2.45, 2.75) is 32.3 Å². The van der Waals surface area contributed by atoms with Gasteiger partial charge in [-0.05, 0) is 25.2 Å². The van der Waals surface area contributed by atoms with Crippen molar-refractivity contribution in [3.8, 4) is 0 Å². The summed E-state index contributed by atoms with van der Waals surface area (Å²) in [5.74, 6) is 0.497. The summed E-state index contributed by atoms with van der Waals surface area (Å²) in [5, 5.41) is 12.8. The third-order valence-corrected chi connectivity index (χ3v) is 3.25. The molecule has 0 aliphatic heterocycles. The lowest BCUT2D eigenvalue weighted by Crippen LogP contribution is -1.99. The molecule has 12 heavy (non-hydrogen) atoms. The molecule has 0 aromatic carbocycles. The maximum Gasteiger partial charge on any atom is 0.0996 e. The minimum Gasteiger partial charge on any atom is -0.386 e. The first-order valence-corrected chi connectivity index (χ1v) is 5.31. The Kier molecular flexibility index (Phi) is 2.15. The summed E-state index contributed by atoms with van der Waals surface area (Å²) in [6.45, 7) is 2.09. The molecular formula is C9H13NOS. The predicted octanol–water partition coefficient (Wildman–Crippen LogP) is 2.15. The monoisotopic (exact) mass is 183 g/mol. The molecule has 0 spiro atoms. The van der Waals surface area contributed by atoms with E-state index in [1.54, 1.807) is 11.3 Å². The summed E-state index contributed by atoms with van der Waals surface area (Å²) in [7, 11) is 0. The minimum absolute atomic E-state index is 0.290. The summed E-state index contributed by atoms with van der Waals surface area (Å²) in [6, 6.07) is 0.